The molecule has 5 rings (SSSR count). The second-order valence-electron chi connectivity index (χ2n) is 8.13. The summed E-state index contributed by atoms with van der Waals surface area (Å²) in [6, 6.07) is 13.9. The van der Waals surface area contributed by atoms with Crippen molar-refractivity contribution >= 4 is 34.2 Å². The van der Waals surface area contributed by atoms with Crippen LogP contribution in [0.5, 0.6) is 0 Å². The van der Waals surface area contributed by atoms with Crippen molar-refractivity contribution in [3.05, 3.63) is 95.2 Å². The van der Waals surface area contributed by atoms with Gasteiger partial charge in [-0.1, -0.05) is 6.07 Å². The van der Waals surface area contributed by atoms with Crippen LogP contribution < -0.4 is 15.5 Å². The van der Waals surface area contributed by atoms with Crippen LogP contribution in [-0.4, -0.2) is 47.8 Å². The summed E-state index contributed by atoms with van der Waals surface area (Å²) in [5, 5.41) is 5.73. The van der Waals surface area contributed by atoms with Crippen molar-refractivity contribution < 1.29 is 18.4 Å². The molecule has 1 amide bonds. The number of carbonyl (C=O) groups is 2. The van der Waals surface area contributed by atoms with Crippen LogP contribution in [0.1, 0.15) is 26.3 Å². The Morgan fingerprint density at radius 1 is 0.914 bits per heavy atom. The van der Waals surface area contributed by atoms with Crippen molar-refractivity contribution in [2.75, 3.05) is 36.4 Å². The quantitative estimate of drug-likeness (QED) is 0.429. The molecule has 35 heavy (non-hydrogen) atoms. The van der Waals surface area contributed by atoms with Crippen molar-refractivity contribution in [3.63, 3.8) is 0 Å². The van der Waals surface area contributed by atoms with E-state index in [0.29, 0.717) is 11.0 Å². The Hall–Kier alpha value is -4.24. The molecule has 0 bridgehead atoms. The molecule has 9 heteroatoms. The Balaban J connectivity index is 1.41. The van der Waals surface area contributed by atoms with Crippen molar-refractivity contribution in [3.8, 4) is 0 Å². The number of nitrogens with one attached hydrogen (secondary N) is 2. The minimum absolute atomic E-state index is 0.147. The number of ketones is 1. The Bertz CT molecular complexity index is 1420. The highest BCUT2D eigenvalue weighted by molar-refractivity contribution is 6.11. The fourth-order valence-corrected chi connectivity index (χ4v) is 3.94. The van der Waals surface area contributed by atoms with Gasteiger partial charge in [-0.15, -0.1) is 0 Å². The van der Waals surface area contributed by atoms with E-state index in [4.69, 9.17) is 0 Å². The molecule has 1 saturated heterocycles. The average Bonchev–Trinajstić information content (AvgIpc) is 2.89. The van der Waals surface area contributed by atoms with Crippen LogP contribution in [0.15, 0.2) is 66.9 Å². The highest BCUT2D eigenvalue weighted by Crippen LogP contribution is 2.24. The van der Waals surface area contributed by atoms with Crippen LogP contribution in [0, 0.1) is 11.6 Å². The largest absolute Gasteiger partial charge is 0.353 e. The van der Waals surface area contributed by atoms with E-state index in [9.17, 15) is 14.0 Å². The molecule has 4 aromatic rings. The van der Waals surface area contributed by atoms with Crippen molar-refractivity contribution in [1.29, 1.82) is 0 Å². The van der Waals surface area contributed by atoms with Crippen LogP contribution in [0.4, 0.5) is 20.3 Å². The van der Waals surface area contributed by atoms with Gasteiger partial charge in [-0.05, 0) is 54.6 Å². The molecular formula is C26H21F2N5O2. The van der Waals surface area contributed by atoms with Gasteiger partial charge in [0, 0.05) is 37.3 Å². The first-order valence-corrected chi connectivity index (χ1v) is 11.1. The number of carbonyl (C=O) groups excluding carboxylic acids is 2. The Kier molecular flexibility index (Phi) is 6.15. The van der Waals surface area contributed by atoms with Crippen molar-refractivity contribution in [2.24, 2.45) is 0 Å². The number of hydrogen-bond donors (Lipinski definition) is 2. The smallest absolute Gasteiger partial charge is 0.255 e. The SMILES string of the molecule is O=C(Nc1cccc(C(=O)c2ccc3ncc(N4CCNCC4)nc3c2)c1F)c1ccc(F)cc1. The van der Waals surface area contributed by atoms with Crippen molar-refractivity contribution in [2.45, 2.75) is 0 Å². The molecule has 1 aromatic heterocycles. The van der Waals surface area contributed by atoms with Gasteiger partial charge in [-0.3, -0.25) is 14.6 Å². The lowest BCUT2D eigenvalue weighted by atomic mass is 10.0. The molecule has 3 aromatic carbocycles. The Labute approximate surface area is 199 Å². The summed E-state index contributed by atoms with van der Waals surface area (Å²) in [6.45, 7) is 3.32. The van der Waals surface area contributed by atoms with Gasteiger partial charge >= 0.3 is 0 Å². The summed E-state index contributed by atoms with van der Waals surface area (Å²) in [5.74, 6) is -1.78. The van der Waals surface area contributed by atoms with Gasteiger partial charge in [-0.25, -0.2) is 13.8 Å². The van der Waals surface area contributed by atoms with Gasteiger partial charge in [0.25, 0.3) is 5.91 Å². The summed E-state index contributed by atoms with van der Waals surface area (Å²) >= 11 is 0. The fraction of sp³-hybridized carbons (Fsp3) is 0.154. The van der Waals surface area contributed by atoms with Gasteiger partial charge in [-0.2, -0.15) is 0 Å². The van der Waals surface area contributed by atoms with Crippen LogP contribution >= 0.6 is 0 Å². The van der Waals surface area contributed by atoms with Gasteiger partial charge in [0.2, 0.25) is 0 Å². The minimum Gasteiger partial charge on any atom is -0.353 e. The number of rotatable bonds is 5. The number of hydrogen-bond acceptors (Lipinski definition) is 6. The number of aromatic nitrogens is 2. The molecule has 1 aliphatic heterocycles. The highest BCUT2D eigenvalue weighted by atomic mass is 19.1. The first kappa shape index (κ1) is 22.5. The molecule has 176 valence electrons. The molecule has 2 N–H and O–H groups in total. The zero-order chi connectivity index (χ0) is 24.4. The minimum atomic E-state index is -0.853. The molecule has 0 spiro atoms. The molecule has 1 fully saturated rings. The van der Waals surface area contributed by atoms with E-state index in [-0.39, 0.29) is 22.4 Å². The third kappa shape index (κ3) is 4.71. The second kappa shape index (κ2) is 9.55. The number of nitrogens with zero attached hydrogens (tertiary/aromatic N) is 3. The average molecular weight is 473 g/mol. The van der Waals surface area contributed by atoms with Crippen molar-refractivity contribution in [1.82, 2.24) is 15.3 Å². The number of piperazine rings is 1. The molecule has 2 heterocycles. The van der Waals surface area contributed by atoms with Crippen LogP contribution in [0.25, 0.3) is 11.0 Å². The topological polar surface area (TPSA) is 87.2 Å². The number of fused-ring (bicyclic) bond motifs is 1. The number of halogens is 2. The maximum absolute atomic E-state index is 15.2. The molecule has 0 radical (unpaired) electrons. The van der Waals surface area contributed by atoms with Gasteiger partial charge < -0.3 is 15.5 Å². The maximum Gasteiger partial charge on any atom is 0.255 e. The Morgan fingerprint density at radius 3 is 2.43 bits per heavy atom. The van der Waals surface area contributed by atoms with Crippen LogP contribution in [0.2, 0.25) is 0 Å². The van der Waals surface area contributed by atoms with E-state index >= 15 is 4.39 Å². The maximum atomic E-state index is 15.2. The molecule has 0 unspecified atom stereocenters. The van der Waals surface area contributed by atoms with E-state index in [1.54, 1.807) is 24.4 Å². The highest BCUT2D eigenvalue weighted by Gasteiger charge is 2.20. The van der Waals surface area contributed by atoms with Gasteiger partial charge in [0.15, 0.2) is 11.6 Å². The van der Waals surface area contributed by atoms with E-state index in [1.807, 2.05) is 0 Å². The number of benzene rings is 3. The number of amides is 1. The van der Waals surface area contributed by atoms with Gasteiger partial charge in [0.1, 0.15) is 11.6 Å². The zero-order valence-corrected chi connectivity index (χ0v) is 18.6. The Morgan fingerprint density at radius 2 is 1.66 bits per heavy atom. The van der Waals surface area contributed by atoms with Gasteiger partial charge in [0.05, 0.1) is 28.5 Å². The van der Waals surface area contributed by atoms with E-state index in [2.05, 4.69) is 25.5 Å². The summed E-state index contributed by atoms with van der Waals surface area (Å²) in [7, 11) is 0. The van der Waals surface area contributed by atoms with E-state index in [1.165, 1.54) is 30.3 Å². The molecule has 7 nitrogen and oxygen atoms in total. The molecule has 0 saturated carbocycles. The fourth-order valence-electron chi connectivity index (χ4n) is 3.94. The zero-order valence-electron chi connectivity index (χ0n) is 18.6. The molecule has 0 atom stereocenters. The first-order valence-electron chi connectivity index (χ1n) is 11.1. The summed E-state index contributed by atoms with van der Waals surface area (Å²) < 4.78 is 28.3. The lowest BCUT2D eigenvalue weighted by Crippen LogP contribution is -2.43. The molecular weight excluding hydrogens is 452 g/mol. The third-order valence-corrected chi connectivity index (χ3v) is 5.83. The van der Waals surface area contributed by atoms with E-state index in [0.717, 1.165) is 44.1 Å². The summed E-state index contributed by atoms with van der Waals surface area (Å²) in [6.07, 6.45) is 1.71. The molecule has 0 aliphatic carbocycles. The van der Waals surface area contributed by atoms with E-state index < -0.39 is 23.3 Å². The third-order valence-electron chi connectivity index (χ3n) is 5.83. The predicted molar refractivity (Wildman–Crippen MR) is 129 cm³/mol. The summed E-state index contributed by atoms with van der Waals surface area (Å²) in [5.41, 5.74) is 1.24. The normalized spacial score (nSPS) is 13.6. The number of anilines is 2. The lowest BCUT2D eigenvalue weighted by molar-refractivity contribution is 0.101. The second-order valence-corrected chi connectivity index (χ2v) is 8.13. The monoisotopic (exact) mass is 473 g/mol. The lowest BCUT2D eigenvalue weighted by Gasteiger charge is -2.28. The van der Waals surface area contributed by atoms with Crippen LogP contribution in [0.3, 0.4) is 0 Å². The first-order chi connectivity index (χ1) is 17.0. The molecule has 1 aliphatic rings. The predicted octanol–water partition coefficient (Wildman–Crippen LogP) is 3.80. The summed E-state index contributed by atoms with van der Waals surface area (Å²) in [4.78, 5) is 36.8. The standard InChI is InChI=1S/C26H21F2N5O2/c27-18-7-4-16(5-8-18)26(35)32-21-3-1-2-19(24(21)28)25(34)17-6-9-20-22(14-17)31-23(15-30-20)33-12-10-29-11-13-33/h1-9,14-15,29H,10-13H2,(H,32,35). The van der Waals surface area contributed by atoms with Crippen LogP contribution in [-0.2, 0) is 0 Å².